The fourth-order valence-corrected chi connectivity index (χ4v) is 6.23. The molecule has 4 amide bonds. The van der Waals surface area contributed by atoms with E-state index in [1.54, 1.807) is 18.2 Å². The van der Waals surface area contributed by atoms with E-state index in [0.717, 1.165) is 38.9 Å². The van der Waals surface area contributed by atoms with Gasteiger partial charge in [-0.3, -0.25) is 29.2 Å². The summed E-state index contributed by atoms with van der Waals surface area (Å²) in [4.78, 5) is 52.1. The van der Waals surface area contributed by atoms with Gasteiger partial charge in [0.25, 0.3) is 11.8 Å². The number of hydrogen-bond donors (Lipinski definition) is 2. The Bertz CT molecular complexity index is 1990. The number of benzene rings is 4. The molecule has 2 N–H and O–H groups in total. The highest BCUT2D eigenvalue weighted by atomic mass is 16.5. The van der Waals surface area contributed by atoms with Crippen LogP contribution >= 0.6 is 0 Å². The van der Waals surface area contributed by atoms with Gasteiger partial charge < -0.3 is 15.0 Å². The fraction of sp³-hybridized carbons (Fsp3) is 0.194. The van der Waals surface area contributed by atoms with E-state index in [0.29, 0.717) is 17.9 Å². The highest BCUT2D eigenvalue weighted by Crippen LogP contribution is 2.38. The van der Waals surface area contributed by atoms with Gasteiger partial charge in [-0.05, 0) is 41.3 Å². The Hall–Kier alpha value is -5.77. The van der Waals surface area contributed by atoms with Crippen molar-refractivity contribution in [3.63, 3.8) is 0 Å². The number of ether oxygens (including phenoxy) is 1. The minimum Gasteiger partial charge on any atom is -0.483 e. The zero-order valence-corrected chi connectivity index (χ0v) is 24.9. The van der Waals surface area contributed by atoms with Crippen molar-refractivity contribution in [3.8, 4) is 16.9 Å². The lowest BCUT2D eigenvalue weighted by molar-refractivity contribution is -0.137. The number of piperidine rings is 1. The molecule has 1 atom stereocenters. The van der Waals surface area contributed by atoms with E-state index in [1.807, 2.05) is 71.4 Å². The quantitative estimate of drug-likeness (QED) is 0.240. The summed E-state index contributed by atoms with van der Waals surface area (Å²) in [7, 11) is 0. The summed E-state index contributed by atoms with van der Waals surface area (Å²) >= 11 is 0. The summed E-state index contributed by atoms with van der Waals surface area (Å²) < 4.78 is 7.98. The number of hydrogen-bond acceptors (Lipinski definition) is 6. The van der Waals surface area contributed by atoms with Gasteiger partial charge in [-0.2, -0.15) is 5.10 Å². The van der Waals surface area contributed by atoms with Gasteiger partial charge in [-0.15, -0.1) is 0 Å². The van der Waals surface area contributed by atoms with Gasteiger partial charge in [-0.1, -0.05) is 78.9 Å². The number of rotatable bonds is 9. The smallest absolute Gasteiger partial charge is 0.258 e. The largest absolute Gasteiger partial charge is 0.483 e. The van der Waals surface area contributed by atoms with Crippen molar-refractivity contribution in [2.45, 2.75) is 38.5 Å². The Morgan fingerprint density at radius 2 is 1.61 bits per heavy atom. The van der Waals surface area contributed by atoms with Crippen LogP contribution in [0.1, 0.15) is 40.0 Å². The van der Waals surface area contributed by atoms with Gasteiger partial charge >= 0.3 is 0 Å². The summed E-state index contributed by atoms with van der Waals surface area (Å²) in [5, 5.41) is 11.1. The second-order valence-electron chi connectivity index (χ2n) is 11.4. The molecule has 4 aromatic carbocycles. The molecular weight excluding hydrogens is 582 g/mol. The van der Waals surface area contributed by atoms with Crippen LogP contribution in [-0.4, -0.2) is 51.0 Å². The molecule has 46 heavy (non-hydrogen) atoms. The molecule has 2 aliphatic rings. The van der Waals surface area contributed by atoms with E-state index in [4.69, 9.17) is 9.84 Å². The molecule has 0 radical (unpaired) electrons. The summed E-state index contributed by atoms with van der Waals surface area (Å²) in [5.74, 6) is -0.829. The molecule has 0 spiro atoms. The number of aromatic nitrogens is 2. The minimum absolute atomic E-state index is 0.188. The Morgan fingerprint density at radius 3 is 2.46 bits per heavy atom. The molecule has 7 rings (SSSR count). The summed E-state index contributed by atoms with van der Waals surface area (Å²) in [6, 6.07) is 30.2. The number of nitrogens with zero attached hydrogens (tertiary/aromatic N) is 3. The third-order valence-corrected chi connectivity index (χ3v) is 8.48. The molecule has 0 aliphatic carbocycles. The minimum atomic E-state index is -0.706. The SMILES string of the molecule is O=C(COc1ccccc1-c1cccc2c1CN(C1CCC(=O)NC1=O)C2=O)NCc1nn(Cc2ccccc2)c2ccccc12. The highest BCUT2D eigenvalue weighted by Gasteiger charge is 2.40. The van der Waals surface area contributed by atoms with Crippen LogP contribution in [-0.2, 0) is 34.0 Å². The number of imide groups is 1. The van der Waals surface area contributed by atoms with Crippen LogP contribution in [0.3, 0.4) is 0 Å². The van der Waals surface area contributed by atoms with Crippen molar-refractivity contribution in [1.29, 1.82) is 0 Å². The lowest BCUT2D eigenvalue weighted by Gasteiger charge is -2.29. The van der Waals surface area contributed by atoms with E-state index in [9.17, 15) is 19.2 Å². The van der Waals surface area contributed by atoms with E-state index < -0.39 is 11.9 Å². The number of nitrogens with one attached hydrogen (secondary N) is 2. The highest BCUT2D eigenvalue weighted by molar-refractivity contribution is 6.06. The lowest BCUT2D eigenvalue weighted by atomic mass is 9.96. The van der Waals surface area contributed by atoms with Crippen LogP contribution in [0, 0.1) is 0 Å². The van der Waals surface area contributed by atoms with E-state index >= 15 is 0 Å². The lowest BCUT2D eigenvalue weighted by Crippen LogP contribution is -2.52. The number of amides is 4. The average Bonchev–Trinajstić information content (AvgIpc) is 3.60. The zero-order valence-electron chi connectivity index (χ0n) is 24.9. The maximum atomic E-state index is 13.3. The van der Waals surface area contributed by atoms with Crippen molar-refractivity contribution in [2.24, 2.45) is 0 Å². The summed E-state index contributed by atoms with van der Waals surface area (Å²) in [6.45, 7) is 0.887. The molecule has 1 fully saturated rings. The van der Waals surface area contributed by atoms with Gasteiger partial charge in [0, 0.05) is 29.5 Å². The molecule has 230 valence electrons. The Kier molecular flexibility index (Phi) is 7.76. The van der Waals surface area contributed by atoms with Crippen LogP contribution < -0.4 is 15.4 Å². The van der Waals surface area contributed by atoms with E-state index in [2.05, 4.69) is 22.8 Å². The first-order valence-corrected chi connectivity index (χ1v) is 15.2. The van der Waals surface area contributed by atoms with Crippen molar-refractivity contribution in [2.75, 3.05) is 6.61 Å². The number of carbonyl (C=O) groups excluding carboxylic acids is 4. The fourth-order valence-electron chi connectivity index (χ4n) is 6.23. The molecule has 5 aromatic rings. The van der Waals surface area contributed by atoms with Crippen LogP contribution in [0.15, 0.2) is 97.1 Å². The van der Waals surface area contributed by atoms with E-state index in [1.165, 1.54) is 4.90 Å². The van der Waals surface area contributed by atoms with Crippen molar-refractivity contribution in [3.05, 3.63) is 119 Å². The van der Waals surface area contributed by atoms with Crippen LogP contribution in [0.2, 0.25) is 0 Å². The molecule has 2 aliphatic heterocycles. The third kappa shape index (κ3) is 5.61. The number of para-hydroxylation sites is 2. The standard InChI is InChI=1S/C36H31N5O5/c42-33-18-17-31(35(44)38-33)40-21-28-24(13-8-14-26(28)36(40)45)25-11-5-7-16-32(25)46-22-34(43)37-19-29-27-12-4-6-15-30(27)41(39-29)20-23-9-2-1-3-10-23/h1-16,31H,17-22H2,(H,37,43)(H,38,42,44). The molecule has 3 heterocycles. The van der Waals surface area contributed by atoms with Crippen LogP contribution in [0.25, 0.3) is 22.0 Å². The predicted molar refractivity (Wildman–Crippen MR) is 171 cm³/mol. The van der Waals surface area contributed by atoms with Gasteiger partial charge in [0.1, 0.15) is 11.8 Å². The molecular formula is C36H31N5O5. The normalized spacial score (nSPS) is 16.0. The molecule has 1 saturated heterocycles. The average molecular weight is 614 g/mol. The van der Waals surface area contributed by atoms with Crippen LogP contribution in [0.4, 0.5) is 0 Å². The van der Waals surface area contributed by atoms with E-state index in [-0.39, 0.29) is 50.3 Å². The van der Waals surface area contributed by atoms with Gasteiger partial charge in [0.05, 0.1) is 24.3 Å². The van der Waals surface area contributed by atoms with Crippen molar-refractivity contribution >= 4 is 34.5 Å². The summed E-state index contributed by atoms with van der Waals surface area (Å²) in [6.07, 6.45) is 0.478. The Balaban J connectivity index is 1.05. The third-order valence-electron chi connectivity index (χ3n) is 8.48. The Labute approximate surface area is 265 Å². The molecule has 0 bridgehead atoms. The number of fused-ring (bicyclic) bond motifs is 2. The van der Waals surface area contributed by atoms with Crippen molar-refractivity contribution < 1.29 is 23.9 Å². The predicted octanol–water partition coefficient (Wildman–Crippen LogP) is 4.21. The first-order valence-electron chi connectivity index (χ1n) is 15.2. The maximum Gasteiger partial charge on any atom is 0.258 e. The monoisotopic (exact) mass is 613 g/mol. The Morgan fingerprint density at radius 1 is 0.870 bits per heavy atom. The van der Waals surface area contributed by atoms with Crippen molar-refractivity contribution in [1.82, 2.24) is 25.3 Å². The molecule has 10 heteroatoms. The molecule has 0 saturated carbocycles. The second kappa shape index (κ2) is 12.3. The summed E-state index contributed by atoms with van der Waals surface area (Å²) in [5.41, 5.74) is 5.69. The second-order valence-corrected chi connectivity index (χ2v) is 11.4. The first-order chi connectivity index (χ1) is 22.5. The molecule has 1 unspecified atom stereocenters. The van der Waals surface area contributed by atoms with Gasteiger partial charge in [0.2, 0.25) is 11.8 Å². The zero-order chi connectivity index (χ0) is 31.6. The molecule has 10 nitrogen and oxygen atoms in total. The first kappa shape index (κ1) is 29.0. The van der Waals surface area contributed by atoms with Crippen LogP contribution in [0.5, 0.6) is 5.75 Å². The number of carbonyl (C=O) groups is 4. The molecule has 1 aromatic heterocycles. The maximum absolute atomic E-state index is 13.3. The van der Waals surface area contributed by atoms with Gasteiger partial charge in [0.15, 0.2) is 6.61 Å². The van der Waals surface area contributed by atoms with Gasteiger partial charge in [-0.25, -0.2) is 0 Å². The topological polar surface area (TPSA) is 123 Å².